The molecule has 0 fully saturated rings. The second-order valence-electron chi connectivity index (χ2n) is 7.18. The number of aliphatic hydroxyl groups is 1. The lowest BCUT2D eigenvalue weighted by Crippen LogP contribution is -1.98. The number of hydrogen-bond acceptors (Lipinski definition) is 6. The van der Waals surface area contributed by atoms with Gasteiger partial charge in [0.2, 0.25) is 0 Å². The summed E-state index contributed by atoms with van der Waals surface area (Å²) >= 11 is 1.47. The van der Waals surface area contributed by atoms with E-state index in [9.17, 15) is 4.79 Å². The minimum absolute atomic E-state index is 0.191. The molecule has 0 aliphatic carbocycles. The molecule has 3 aromatic carbocycles. The molecule has 32 heavy (non-hydrogen) atoms. The van der Waals surface area contributed by atoms with E-state index >= 15 is 0 Å². The topological polar surface area (TPSA) is 92.5 Å². The molecule has 0 unspecified atom stereocenters. The van der Waals surface area contributed by atoms with E-state index in [2.05, 4.69) is 22.3 Å². The first-order valence-corrected chi connectivity index (χ1v) is 11.1. The minimum Gasteiger partial charge on any atom is -0.494 e. The highest BCUT2D eigenvalue weighted by Crippen LogP contribution is 2.31. The van der Waals surface area contributed by atoms with Crippen molar-refractivity contribution in [1.29, 1.82) is 0 Å². The van der Waals surface area contributed by atoms with E-state index in [4.69, 9.17) is 14.9 Å². The van der Waals surface area contributed by atoms with Crippen molar-refractivity contribution in [2.24, 2.45) is 0 Å². The summed E-state index contributed by atoms with van der Waals surface area (Å²) in [5.74, 6) is -0.129. The van der Waals surface area contributed by atoms with Crippen molar-refractivity contribution >= 4 is 17.3 Å². The van der Waals surface area contributed by atoms with Gasteiger partial charge in [-0.15, -0.1) is 10.2 Å². The van der Waals surface area contributed by atoms with E-state index in [1.165, 1.54) is 11.3 Å². The van der Waals surface area contributed by atoms with Crippen LogP contribution in [0.2, 0.25) is 0 Å². The summed E-state index contributed by atoms with van der Waals surface area (Å²) in [6, 6.07) is 22.7. The lowest BCUT2D eigenvalue weighted by Gasteiger charge is -2.07. The third-order valence-corrected chi connectivity index (χ3v) is 5.97. The molecule has 1 heterocycles. The third-order valence-electron chi connectivity index (χ3n) is 4.94. The average molecular weight is 447 g/mol. The van der Waals surface area contributed by atoms with Gasteiger partial charge in [-0.25, -0.2) is 4.79 Å². The van der Waals surface area contributed by atoms with E-state index in [0.29, 0.717) is 6.61 Å². The van der Waals surface area contributed by atoms with Gasteiger partial charge in [-0.1, -0.05) is 59.9 Å². The fraction of sp³-hybridized carbons (Fsp3) is 0.160. The molecule has 4 aromatic rings. The highest BCUT2D eigenvalue weighted by atomic mass is 32.1. The van der Waals surface area contributed by atoms with Crippen LogP contribution in [0.3, 0.4) is 0 Å². The van der Waals surface area contributed by atoms with Crippen LogP contribution in [0.1, 0.15) is 23.2 Å². The normalized spacial score (nSPS) is 10.8. The summed E-state index contributed by atoms with van der Waals surface area (Å²) in [5, 5.41) is 28.0. The summed E-state index contributed by atoms with van der Waals surface area (Å²) in [5.41, 5.74) is 4.25. The van der Waals surface area contributed by atoms with Gasteiger partial charge in [-0.3, -0.25) is 0 Å². The molecule has 0 aliphatic heterocycles. The van der Waals surface area contributed by atoms with Crippen LogP contribution in [0.5, 0.6) is 5.75 Å². The molecule has 0 spiro atoms. The van der Waals surface area contributed by atoms with Gasteiger partial charge >= 0.3 is 5.97 Å². The number of aromatic nitrogens is 2. The Morgan fingerprint density at radius 3 is 1.78 bits per heavy atom. The van der Waals surface area contributed by atoms with Crippen LogP contribution in [0, 0.1) is 0 Å². The molecule has 4 rings (SSSR count). The molecule has 6 nitrogen and oxygen atoms in total. The Balaban J connectivity index is 1.43. The van der Waals surface area contributed by atoms with Crippen LogP contribution in [0.4, 0.5) is 0 Å². The largest absolute Gasteiger partial charge is 0.494 e. The smallest absolute Gasteiger partial charge is 0.335 e. The monoisotopic (exact) mass is 446 g/mol. The summed E-state index contributed by atoms with van der Waals surface area (Å²) < 4.78 is 5.68. The Hall–Kier alpha value is -3.55. The highest BCUT2D eigenvalue weighted by molar-refractivity contribution is 7.17. The standard InChI is InChI=1S/C25H22N2O4S/c28-15-1-2-16-31-22-13-11-18(12-14-22)17-3-5-19(6-4-17)23-26-27-24(32-23)20-7-9-21(10-8-20)25(29)30/h3-14,28H,1-2,15-16H2,(H,29,30). The van der Waals surface area contributed by atoms with Crippen molar-refractivity contribution in [3.05, 3.63) is 78.4 Å². The molecule has 0 atom stereocenters. The Morgan fingerprint density at radius 1 is 0.750 bits per heavy atom. The number of unbranched alkanes of at least 4 members (excludes halogenated alkanes) is 1. The van der Waals surface area contributed by atoms with Gasteiger partial charge in [0, 0.05) is 17.7 Å². The molecule has 1 aromatic heterocycles. The fourth-order valence-corrected chi connectivity index (χ4v) is 4.02. The Morgan fingerprint density at radius 2 is 1.25 bits per heavy atom. The zero-order valence-electron chi connectivity index (χ0n) is 17.3. The minimum atomic E-state index is -0.949. The van der Waals surface area contributed by atoms with Crippen molar-refractivity contribution in [1.82, 2.24) is 10.2 Å². The zero-order valence-corrected chi connectivity index (χ0v) is 18.1. The van der Waals surface area contributed by atoms with E-state index in [-0.39, 0.29) is 12.2 Å². The van der Waals surface area contributed by atoms with Crippen LogP contribution in [-0.2, 0) is 0 Å². The van der Waals surface area contributed by atoms with Gasteiger partial charge < -0.3 is 14.9 Å². The van der Waals surface area contributed by atoms with Gasteiger partial charge in [-0.2, -0.15) is 0 Å². The number of hydrogen-bond donors (Lipinski definition) is 2. The zero-order chi connectivity index (χ0) is 22.3. The maximum absolute atomic E-state index is 11.0. The van der Waals surface area contributed by atoms with Crippen LogP contribution in [0.15, 0.2) is 72.8 Å². The van der Waals surface area contributed by atoms with Crippen LogP contribution < -0.4 is 4.74 Å². The molecular formula is C25H22N2O4S. The van der Waals surface area contributed by atoms with Crippen LogP contribution >= 0.6 is 11.3 Å². The molecular weight excluding hydrogens is 424 g/mol. The molecule has 2 N–H and O–H groups in total. The van der Waals surface area contributed by atoms with E-state index in [0.717, 1.165) is 50.9 Å². The van der Waals surface area contributed by atoms with Crippen molar-refractivity contribution in [2.75, 3.05) is 13.2 Å². The first kappa shape index (κ1) is 21.7. The molecule has 0 saturated carbocycles. The van der Waals surface area contributed by atoms with Crippen molar-refractivity contribution in [3.63, 3.8) is 0 Å². The van der Waals surface area contributed by atoms with Crippen molar-refractivity contribution in [3.8, 4) is 38.0 Å². The first-order chi connectivity index (χ1) is 15.6. The van der Waals surface area contributed by atoms with Crippen LogP contribution in [-0.4, -0.2) is 39.6 Å². The molecule has 162 valence electrons. The predicted molar refractivity (Wildman–Crippen MR) is 125 cm³/mol. The predicted octanol–water partition coefficient (Wildman–Crippen LogP) is 5.39. The Bertz CT molecular complexity index is 1170. The van der Waals surface area contributed by atoms with Crippen LogP contribution in [0.25, 0.3) is 32.3 Å². The molecule has 0 radical (unpaired) electrons. The molecule has 0 bridgehead atoms. The van der Waals surface area contributed by atoms with E-state index < -0.39 is 5.97 Å². The second-order valence-corrected chi connectivity index (χ2v) is 8.15. The number of rotatable bonds is 9. The maximum atomic E-state index is 11.0. The van der Waals surface area contributed by atoms with E-state index in [1.807, 2.05) is 36.4 Å². The lowest BCUT2D eigenvalue weighted by molar-refractivity contribution is 0.0697. The molecule has 0 amide bonds. The number of ether oxygens (including phenoxy) is 1. The number of carbonyl (C=O) groups is 1. The number of aromatic carboxylic acids is 1. The Kier molecular flexibility index (Phi) is 6.89. The summed E-state index contributed by atoms with van der Waals surface area (Å²) in [4.78, 5) is 11.0. The first-order valence-electron chi connectivity index (χ1n) is 10.3. The molecule has 7 heteroatoms. The fourth-order valence-electron chi connectivity index (χ4n) is 3.16. The van der Waals surface area contributed by atoms with Gasteiger partial charge in [-0.05, 0) is 48.2 Å². The van der Waals surface area contributed by atoms with Gasteiger partial charge in [0.15, 0.2) is 0 Å². The summed E-state index contributed by atoms with van der Waals surface area (Å²) in [6.45, 7) is 0.790. The van der Waals surface area contributed by atoms with Crippen molar-refractivity contribution < 1.29 is 19.7 Å². The van der Waals surface area contributed by atoms with Gasteiger partial charge in [0.25, 0.3) is 0 Å². The summed E-state index contributed by atoms with van der Waals surface area (Å²) in [7, 11) is 0. The van der Waals surface area contributed by atoms with Gasteiger partial charge in [0.1, 0.15) is 15.8 Å². The molecule has 0 saturated heterocycles. The maximum Gasteiger partial charge on any atom is 0.335 e. The number of nitrogens with zero attached hydrogens (tertiary/aromatic N) is 2. The second kappa shape index (κ2) is 10.2. The average Bonchev–Trinajstić information content (AvgIpc) is 3.33. The number of benzene rings is 3. The Labute approximate surface area is 189 Å². The van der Waals surface area contributed by atoms with Gasteiger partial charge in [0.05, 0.1) is 12.2 Å². The van der Waals surface area contributed by atoms with Crippen molar-refractivity contribution in [2.45, 2.75) is 12.8 Å². The quantitative estimate of drug-likeness (QED) is 0.335. The lowest BCUT2D eigenvalue weighted by atomic mass is 10.0. The van der Waals surface area contributed by atoms with E-state index in [1.54, 1.807) is 24.3 Å². The number of carboxylic acids is 1. The third kappa shape index (κ3) is 5.19. The highest BCUT2D eigenvalue weighted by Gasteiger charge is 2.10. The number of carboxylic acid groups (broad SMARTS) is 1. The number of aliphatic hydroxyl groups excluding tert-OH is 1. The SMILES string of the molecule is O=C(O)c1ccc(-c2nnc(-c3ccc(-c4ccc(OCCCCO)cc4)cc3)s2)cc1. The summed E-state index contributed by atoms with van der Waals surface area (Å²) in [6.07, 6.45) is 1.58. The molecule has 0 aliphatic rings.